The highest BCUT2D eigenvalue weighted by molar-refractivity contribution is 5.89. The first kappa shape index (κ1) is 32.6. The molecular formula is C31H44N2O5. The third-order valence-electron chi connectivity index (χ3n) is 6.62. The summed E-state index contributed by atoms with van der Waals surface area (Å²) >= 11 is 0. The highest BCUT2D eigenvalue weighted by atomic mass is 16.4. The number of carbonyl (C=O) groups is 2. The van der Waals surface area contributed by atoms with Crippen LogP contribution in [0.25, 0.3) is 0 Å². The zero-order chi connectivity index (χ0) is 26.7. The number of aliphatic carboxylic acids is 2. The number of benzene rings is 2. The number of hydrogen-bond donors (Lipinski definition) is 2. The van der Waals surface area contributed by atoms with Crippen LogP contribution in [-0.2, 0) is 9.59 Å². The maximum Gasteiger partial charge on any atom is 0.328 e. The van der Waals surface area contributed by atoms with Crippen molar-refractivity contribution in [2.75, 3.05) is 19.6 Å². The summed E-state index contributed by atoms with van der Waals surface area (Å²) in [6.07, 6.45) is 13.7. The Kier molecular flexibility index (Phi) is 16.8. The molecule has 38 heavy (non-hydrogen) atoms. The van der Waals surface area contributed by atoms with Gasteiger partial charge >= 0.3 is 11.9 Å². The van der Waals surface area contributed by atoms with Crippen LogP contribution in [0.2, 0.25) is 0 Å². The first-order valence-corrected chi connectivity index (χ1v) is 13.5. The van der Waals surface area contributed by atoms with Gasteiger partial charge in [0.15, 0.2) is 0 Å². The van der Waals surface area contributed by atoms with E-state index in [1.807, 2.05) is 0 Å². The second-order valence-corrected chi connectivity index (χ2v) is 9.47. The molecule has 0 aliphatic carbocycles. The van der Waals surface area contributed by atoms with Gasteiger partial charge in [0.05, 0.1) is 6.34 Å². The highest BCUT2D eigenvalue weighted by Gasteiger charge is 2.28. The number of piperidine rings is 1. The smallest absolute Gasteiger partial charge is 0.328 e. The number of likely N-dealkylation sites (tertiary alicyclic amines) is 1. The molecule has 0 atom stereocenters. The second kappa shape index (κ2) is 19.6. The van der Waals surface area contributed by atoms with Gasteiger partial charge < -0.3 is 20.6 Å². The van der Waals surface area contributed by atoms with Crippen molar-refractivity contribution in [3.05, 3.63) is 83.9 Å². The fourth-order valence-electron chi connectivity index (χ4n) is 4.72. The van der Waals surface area contributed by atoms with E-state index in [9.17, 15) is 9.59 Å². The van der Waals surface area contributed by atoms with Crippen molar-refractivity contribution in [2.45, 2.75) is 64.2 Å². The van der Waals surface area contributed by atoms with Crippen molar-refractivity contribution in [2.24, 2.45) is 10.9 Å². The molecule has 7 heteroatoms. The normalized spacial score (nSPS) is 13.8. The van der Waals surface area contributed by atoms with E-state index in [1.54, 1.807) is 0 Å². The maximum atomic E-state index is 9.55. The van der Waals surface area contributed by atoms with Crippen LogP contribution in [0.5, 0.6) is 0 Å². The lowest BCUT2D eigenvalue weighted by atomic mass is 9.76. The fraction of sp³-hybridized carbons (Fsp3) is 0.452. The summed E-state index contributed by atoms with van der Waals surface area (Å²) in [4.78, 5) is 26.2. The maximum absolute atomic E-state index is 9.55. The predicted molar refractivity (Wildman–Crippen MR) is 154 cm³/mol. The standard InChI is InChI=1S/C27H38N2.C4H4O4.H2O/c1-2-3-4-5-6-13-20-28-23-29-21-18-26(19-22-29)27(24-14-9-7-10-15-24)25-16-11-8-12-17-25;5-3(6)1-2-4(7)8;/h7-12,14-17,23,26-27H,2-6,13,18-22H2,1H3;1-2H,(H,5,6)(H,7,8);1H2. The zero-order valence-corrected chi connectivity index (χ0v) is 22.5. The van der Waals surface area contributed by atoms with Gasteiger partial charge in [-0.25, -0.2) is 9.59 Å². The molecule has 1 heterocycles. The van der Waals surface area contributed by atoms with Gasteiger partial charge in [0.1, 0.15) is 0 Å². The summed E-state index contributed by atoms with van der Waals surface area (Å²) in [6, 6.07) is 22.1. The van der Waals surface area contributed by atoms with E-state index in [0.29, 0.717) is 24.0 Å². The molecule has 4 N–H and O–H groups in total. The molecule has 1 aliphatic rings. The average Bonchev–Trinajstić information content (AvgIpc) is 2.92. The molecule has 0 aromatic heterocycles. The molecule has 3 rings (SSSR count). The Balaban J connectivity index is 0.000000699. The topological polar surface area (TPSA) is 122 Å². The Morgan fingerprint density at radius 3 is 1.79 bits per heavy atom. The first-order valence-electron chi connectivity index (χ1n) is 13.5. The van der Waals surface area contributed by atoms with Crippen LogP contribution < -0.4 is 0 Å². The Morgan fingerprint density at radius 2 is 1.32 bits per heavy atom. The van der Waals surface area contributed by atoms with E-state index in [2.05, 4.69) is 78.8 Å². The Bertz CT molecular complexity index is 899. The lowest BCUT2D eigenvalue weighted by Crippen LogP contribution is -2.35. The van der Waals surface area contributed by atoms with Gasteiger partial charge in [-0.15, -0.1) is 0 Å². The van der Waals surface area contributed by atoms with Crippen LogP contribution in [0.15, 0.2) is 77.8 Å². The van der Waals surface area contributed by atoms with Crippen molar-refractivity contribution < 1.29 is 25.3 Å². The molecular weight excluding hydrogens is 480 g/mol. The van der Waals surface area contributed by atoms with E-state index in [1.165, 1.54) is 62.5 Å². The van der Waals surface area contributed by atoms with Crippen LogP contribution in [0.3, 0.4) is 0 Å². The predicted octanol–water partition coefficient (Wildman–Crippen LogP) is 5.81. The second-order valence-electron chi connectivity index (χ2n) is 9.47. The van der Waals surface area contributed by atoms with Crippen molar-refractivity contribution in [3.63, 3.8) is 0 Å². The molecule has 1 fully saturated rings. The number of carboxylic acid groups (broad SMARTS) is 2. The summed E-state index contributed by atoms with van der Waals surface area (Å²) in [5, 5.41) is 15.6. The minimum Gasteiger partial charge on any atom is -0.478 e. The fourth-order valence-corrected chi connectivity index (χ4v) is 4.72. The molecule has 2 aromatic carbocycles. The number of aliphatic imine (C=N–C) groups is 1. The van der Waals surface area contributed by atoms with Gasteiger partial charge in [0, 0.05) is 37.7 Å². The molecule has 208 valence electrons. The van der Waals surface area contributed by atoms with Crippen LogP contribution in [0.4, 0.5) is 0 Å². The summed E-state index contributed by atoms with van der Waals surface area (Å²) in [6.45, 7) is 5.51. The molecule has 0 saturated carbocycles. The van der Waals surface area contributed by atoms with Gasteiger partial charge in [-0.05, 0) is 36.3 Å². The van der Waals surface area contributed by atoms with Gasteiger partial charge in [-0.2, -0.15) is 0 Å². The van der Waals surface area contributed by atoms with Crippen LogP contribution in [-0.4, -0.2) is 58.5 Å². The van der Waals surface area contributed by atoms with Crippen LogP contribution in [0, 0.1) is 5.92 Å². The minimum atomic E-state index is -1.26. The summed E-state index contributed by atoms with van der Waals surface area (Å²) < 4.78 is 0. The lowest BCUT2D eigenvalue weighted by Gasteiger charge is -2.36. The molecule has 1 aliphatic heterocycles. The number of hydrogen-bond acceptors (Lipinski definition) is 3. The summed E-state index contributed by atoms with van der Waals surface area (Å²) in [7, 11) is 0. The van der Waals surface area contributed by atoms with E-state index >= 15 is 0 Å². The van der Waals surface area contributed by atoms with Gasteiger partial charge in [0.2, 0.25) is 0 Å². The largest absolute Gasteiger partial charge is 0.478 e. The van der Waals surface area contributed by atoms with Crippen molar-refractivity contribution in [3.8, 4) is 0 Å². The number of nitrogens with zero attached hydrogens (tertiary/aromatic N) is 2. The molecule has 0 bridgehead atoms. The monoisotopic (exact) mass is 524 g/mol. The third kappa shape index (κ3) is 13.2. The molecule has 2 aromatic rings. The Labute approximate surface area is 227 Å². The van der Waals surface area contributed by atoms with Crippen LogP contribution >= 0.6 is 0 Å². The number of unbranched alkanes of at least 4 members (excludes halogenated alkanes) is 5. The lowest BCUT2D eigenvalue weighted by molar-refractivity contribution is -0.134. The van der Waals surface area contributed by atoms with Gasteiger partial charge in [-0.3, -0.25) is 4.99 Å². The number of rotatable bonds is 13. The molecule has 1 saturated heterocycles. The molecule has 0 spiro atoms. The Morgan fingerprint density at radius 1 is 0.842 bits per heavy atom. The molecule has 0 unspecified atom stereocenters. The van der Waals surface area contributed by atoms with E-state index in [-0.39, 0.29) is 5.48 Å². The molecule has 0 radical (unpaired) electrons. The summed E-state index contributed by atoms with van der Waals surface area (Å²) in [5.41, 5.74) is 2.91. The summed E-state index contributed by atoms with van der Waals surface area (Å²) in [5.74, 6) is -1.32. The average molecular weight is 525 g/mol. The Hall–Kier alpha value is -3.45. The van der Waals surface area contributed by atoms with Gasteiger partial charge in [0.25, 0.3) is 0 Å². The van der Waals surface area contributed by atoms with E-state index in [4.69, 9.17) is 15.2 Å². The molecule has 0 amide bonds. The van der Waals surface area contributed by atoms with Crippen molar-refractivity contribution in [1.29, 1.82) is 0 Å². The van der Waals surface area contributed by atoms with Gasteiger partial charge in [-0.1, -0.05) is 99.7 Å². The van der Waals surface area contributed by atoms with Crippen molar-refractivity contribution in [1.82, 2.24) is 4.90 Å². The quantitative estimate of drug-likeness (QED) is 0.148. The van der Waals surface area contributed by atoms with E-state index < -0.39 is 11.9 Å². The SMILES string of the molecule is CCCCCCCCN=CN1CCC(C(c2ccccc2)c2ccccc2)CC1.O.O=C(O)C=CC(=O)O. The third-order valence-corrected chi connectivity index (χ3v) is 6.62. The van der Waals surface area contributed by atoms with Crippen LogP contribution in [0.1, 0.15) is 75.3 Å². The first-order chi connectivity index (χ1) is 18.0. The highest BCUT2D eigenvalue weighted by Crippen LogP contribution is 2.37. The molecule has 7 nitrogen and oxygen atoms in total. The van der Waals surface area contributed by atoms with Crippen molar-refractivity contribution >= 4 is 18.3 Å². The van der Waals surface area contributed by atoms with E-state index in [0.717, 1.165) is 19.6 Å². The minimum absolute atomic E-state index is 0. The number of carboxylic acids is 2. The zero-order valence-electron chi connectivity index (χ0n) is 22.5.